The molecule has 0 unspecified atom stereocenters. The lowest BCUT2D eigenvalue weighted by molar-refractivity contribution is 0.102. The van der Waals surface area contributed by atoms with Gasteiger partial charge in [-0.1, -0.05) is 48.0 Å². The number of halogens is 1. The minimum absolute atomic E-state index is 0.157. The van der Waals surface area contributed by atoms with E-state index in [0.29, 0.717) is 16.3 Å². The van der Waals surface area contributed by atoms with Crippen LogP contribution in [-0.2, 0) is 0 Å². The summed E-state index contributed by atoms with van der Waals surface area (Å²) in [5.74, 6) is -0.157. The Hall–Kier alpha value is -3.47. The van der Waals surface area contributed by atoms with Crippen molar-refractivity contribution in [1.82, 2.24) is 4.98 Å². The van der Waals surface area contributed by atoms with E-state index >= 15 is 0 Å². The van der Waals surface area contributed by atoms with Gasteiger partial charge in [-0.05, 0) is 90.9 Å². The first kappa shape index (κ1) is 23.3. The van der Waals surface area contributed by atoms with E-state index in [9.17, 15) is 4.79 Å². The molecule has 0 saturated carbocycles. The maximum absolute atomic E-state index is 13.5. The maximum Gasteiger partial charge on any atom is 0.256 e. The van der Waals surface area contributed by atoms with Gasteiger partial charge in [-0.25, -0.2) is 0 Å². The smallest absolute Gasteiger partial charge is 0.256 e. The fraction of sp³-hybridized carbons (Fsp3) is 0.100. The average molecular weight is 497 g/mol. The summed E-state index contributed by atoms with van der Waals surface area (Å²) in [5.41, 5.74) is 8.49. The molecule has 1 amide bonds. The van der Waals surface area contributed by atoms with Gasteiger partial charge in [0.2, 0.25) is 0 Å². The predicted molar refractivity (Wildman–Crippen MR) is 150 cm³/mol. The van der Waals surface area contributed by atoms with Crippen LogP contribution in [0.15, 0.2) is 89.8 Å². The van der Waals surface area contributed by atoms with Crippen LogP contribution in [0.3, 0.4) is 0 Å². The van der Waals surface area contributed by atoms with E-state index in [1.165, 1.54) is 11.1 Å². The van der Waals surface area contributed by atoms with E-state index in [0.717, 1.165) is 38.2 Å². The van der Waals surface area contributed by atoms with Gasteiger partial charge in [0.1, 0.15) is 0 Å². The van der Waals surface area contributed by atoms with E-state index in [4.69, 9.17) is 11.6 Å². The molecule has 1 heterocycles. The van der Waals surface area contributed by atoms with Crippen LogP contribution < -0.4 is 5.32 Å². The number of hydrogen-bond donors (Lipinski definition) is 2. The molecule has 174 valence electrons. The molecule has 0 aliphatic carbocycles. The number of para-hydroxylation sites is 1. The molecule has 0 fully saturated rings. The van der Waals surface area contributed by atoms with Crippen LogP contribution in [0.2, 0.25) is 5.02 Å². The highest BCUT2D eigenvalue weighted by molar-refractivity contribution is 7.98. The van der Waals surface area contributed by atoms with Crippen molar-refractivity contribution in [3.05, 3.63) is 107 Å². The minimum atomic E-state index is -0.157. The van der Waals surface area contributed by atoms with Crippen LogP contribution in [-0.4, -0.2) is 17.1 Å². The molecule has 0 saturated heterocycles. The highest BCUT2D eigenvalue weighted by Gasteiger charge is 2.16. The quantitative estimate of drug-likeness (QED) is 0.239. The lowest BCUT2D eigenvalue weighted by Gasteiger charge is -2.14. The summed E-state index contributed by atoms with van der Waals surface area (Å²) in [6, 6.07) is 28.0. The van der Waals surface area contributed by atoms with Gasteiger partial charge in [-0.2, -0.15) is 0 Å². The molecule has 5 heteroatoms. The molecule has 0 aliphatic heterocycles. The summed E-state index contributed by atoms with van der Waals surface area (Å²) in [4.78, 5) is 18.0. The van der Waals surface area contributed by atoms with Crippen molar-refractivity contribution in [2.24, 2.45) is 0 Å². The first-order valence-electron chi connectivity index (χ1n) is 11.4. The fourth-order valence-corrected chi connectivity index (χ4v) is 4.88. The fourth-order valence-electron chi connectivity index (χ4n) is 4.22. The molecule has 0 spiro atoms. The summed E-state index contributed by atoms with van der Waals surface area (Å²) in [6.07, 6.45) is 2.04. The molecule has 0 bridgehead atoms. The third-order valence-electron chi connectivity index (χ3n) is 6.33. The number of H-pyrrole nitrogens is 1. The molecule has 2 N–H and O–H groups in total. The Kier molecular flexibility index (Phi) is 6.42. The minimum Gasteiger partial charge on any atom is -0.354 e. The highest BCUT2D eigenvalue weighted by atomic mass is 35.5. The largest absolute Gasteiger partial charge is 0.354 e. The van der Waals surface area contributed by atoms with Crippen molar-refractivity contribution in [3.8, 4) is 22.4 Å². The van der Waals surface area contributed by atoms with Gasteiger partial charge in [0, 0.05) is 38.3 Å². The molecular formula is C30H25ClN2OS. The Morgan fingerprint density at radius 2 is 1.69 bits per heavy atom. The first-order chi connectivity index (χ1) is 16.9. The number of nitrogens with one attached hydrogen (secondary N) is 2. The summed E-state index contributed by atoms with van der Waals surface area (Å²) in [6.45, 7) is 4.19. The second-order valence-corrected chi connectivity index (χ2v) is 9.92. The Balaban J connectivity index is 1.50. The average Bonchev–Trinajstić information content (AvgIpc) is 3.30. The number of benzene rings is 4. The number of rotatable bonds is 5. The third-order valence-corrected chi connectivity index (χ3v) is 7.39. The highest BCUT2D eigenvalue weighted by Crippen LogP contribution is 2.34. The van der Waals surface area contributed by atoms with Gasteiger partial charge in [0.05, 0.1) is 5.02 Å². The SMILES string of the molecule is CSc1ccc(C(=O)Nc2ccc(Cl)c(-c3cc4ccccc4[nH]3)c2)c(-c2ccc(C)c(C)c2)c1. The second-order valence-electron chi connectivity index (χ2n) is 8.63. The Labute approximate surface area is 214 Å². The number of aromatic amines is 1. The number of hydrogen-bond acceptors (Lipinski definition) is 2. The number of amides is 1. The Morgan fingerprint density at radius 3 is 2.46 bits per heavy atom. The van der Waals surface area contributed by atoms with Gasteiger partial charge in [0.25, 0.3) is 5.91 Å². The van der Waals surface area contributed by atoms with Crippen LogP contribution in [0, 0.1) is 13.8 Å². The Bertz CT molecular complexity index is 1540. The van der Waals surface area contributed by atoms with Crippen molar-refractivity contribution in [2.75, 3.05) is 11.6 Å². The van der Waals surface area contributed by atoms with Crippen molar-refractivity contribution < 1.29 is 4.79 Å². The van der Waals surface area contributed by atoms with Crippen LogP contribution in [0.5, 0.6) is 0 Å². The van der Waals surface area contributed by atoms with Crippen LogP contribution in [0.1, 0.15) is 21.5 Å². The van der Waals surface area contributed by atoms with Gasteiger partial charge in [0.15, 0.2) is 0 Å². The zero-order valence-electron chi connectivity index (χ0n) is 19.8. The molecule has 4 aromatic carbocycles. The van der Waals surface area contributed by atoms with Gasteiger partial charge < -0.3 is 10.3 Å². The molecule has 35 heavy (non-hydrogen) atoms. The second kappa shape index (κ2) is 9.65. The molecule has 0 atom stereocenters. The molecule has 5 rings (SSSR count). The van der Waals surface area contributed by atoms with Gasteiger partial charge in [-0.3, -0.25) is 4.79 Å². The van der Waals surface area contributed by atoms with E-state index in [2.05, 4.69) is 60.5 Å². The third kappa shape index (κ3) is 4.72. The number of carbonyl (C=O) groups is 1. The molecular weight excluding hydrogens is 472 g/mol. The lowest BCUT2D eigenvalue weighted by Crippen LogP contribution is -2.13. The number of thioether (sulfide) groups is 1. The molecule has 0 aliphatic rings. The normalized spacial score (nSPS) is 11.1. The van der Waals surface area contributed by atoms with Crippen LogP contribution in [0.25, 0.3) is 33.3 Å². The van der Waals surface area contributed by atoms with Crippen molar-refractivity contribution in [3.63, 3.8) is 0 Å². The molecule has 0 radical (unpaired) electrons. The predicted octanol–water partition coefficient (Wildman–Crippen LogP) is 8.75. The number of carbonyl (C=O) groups excluding carboxylic acids is 1. The number of aryl methyl sites for hydroxylation is 2. The standard InChI is InChI=1S/C30H25ClN2OS/c1-18-8-9-20(14-19(18)2)25-17-23(35-3)11-12-24(25)30(34)32-22-10-13-27(31)26(16-22)29-15-21-6-4-5-7-28(21)33-29/h4-17,33H,1-3H3,(H,32,34). The van der Waals surface area contributed by atoms with E-state index in [1.807, 2.05) is 54.8 Å². The summed E-state index contributed by atoms with van der Waals surface area (Å²) < 4.78 is 0. The number of aromatic nitrogens is 1. The summed E-state index contributed by atoms with van der Waals surface area (Å²) in [5, 5.41) is 4.82. The number of anilines is 1. The van der Waals surface area contributed by atoms with E-state index in [1.54, 1.807) is 11.8 Å². The van der Waals surface area contributed by atoms with Gasteiger partial charge >= 0.3 is 0 Å². The molecule has 1 aromatic heterocycles. The first-order valence-corrected chi connectivity index (χ1v) is 13.0. The summed E-state index contributed by atoms with van der Waals surface area (Å²) in [7, 11) is 0. The Morgan fingerprint density at radius 1 is 0.857 bits per heavy atom. The van der Waals surface area contributed by atoms with Crippen LogP contribution >= 0.6 is 23.4 Å². The zero-order chi connectivity index (χ0) is 24.5. The van der Waals surface area contributed by atoms with E-state index < -0.39 is 0 Å². The monoisotopic (exact) mass is 496 g/mol. The topological polar surface area (TPSA) is 44.9 Å². The molecule has 5 aromatic rings. The van der Waals surface area contributed by atoms with E-state index in [-0.39, 0.29) is 5.91 Å². The maximum atomic E-state index is 13.5. The number of fused-ring (bicyclic) bond motifs is 1. The lowest BCUT2D eigenvalue weighted by atomic mass is 9.96. The van der Waals surface area contributed by atoms with Gasteiger partial charge in [-0.15, -0.1) is 11.8 Å². The molecule has 3 nitrogen and oxygen atoms in total. The zero-order valence-corrected chi connectivity index (χ0v) is 21.3. The summed E-state index contributed by atoms with van der Waals surface area (Å²) >= 11 is 8.21. The van der Waals surface area contributed by atoms with Crippen LogP contribution in [0.4, 0.5) is 5.69 Å². The van der Waals surface area contributed by atoms with Crippen molar-refractivity contribution >= 4 is 45.9 Å². The van der Waals surface area contributed by atoms with Crippen molar-refractivity contribution in [2.45, 2.75) is 18.7 Å². The van der Waals surface area contributed by atoms with Crippen molar-refractivity contribution in [1.29, 1.82) is 0 Å².